The monoisotopic (exact) mass is 281 g/mol. The molecule has 0 aromatic heterocycles. The number of nitrogens with zero attached hydrogens (tertiary/aromatic N) is 1. The molecule has 0 aliphatic heterocycles. The highest BCUT2D eigenvalue weighted by Crippen LogP contribution is 2.14. The molecule has 1 unspecified atom stereocenters. The van der Waals surface area contributed by atoms with E-state index >= 15 is 0 Å². The van der Waals surface area contributed by atoms with Gasteiger partial charge < -0.3 is 9.64 Å². The largest absolute Gasteiger partial charge is 0.464 e. The third-order valence-corrected chi connectivity index (χ3v) is 2.72. The first-order chi connectivity index (χ1) is 8.97. The van der Waals surface area contributed by atoms with E-state index in [1.54, 1.807) is 6.92 Å². The molecule has 0 heterocycles. The number of ether oxygens (including phenoxy) is 1. The van der Waals surface area contributed by atoms with Crippen LogP contribution in [0.3, 0.4) is 0 Å². The van der Waals surface area contributed by atoms with Crippen LogP contribution in [0.5, 0.6) is 0 Å². The number of alkyl halides is 1. The van der Waals surface area contributed by atoms with E-state index in [0.717, 1.165) is 5.56 Å². The molecule has 0 saturated carbocycles. The van der Waals surface area contributed by atoms with E-state index in [2.05, 4.69) is 11.3 Å². The van der Waals surface area contributed by atoms with Crippen molar-refractivity contribution in [3.05, 3.63) is 48.2 Å². The smallest absolute Gasteiger partial charge is 0.354 e. The molecule has 19 heavy (non-hydrogen) atoms. The Labute approximate surface area is 117 Å². The summed E-state index contributed by atoms with van der Waals surface area (Å²) in [6, 6.07) is 9.27. The standard InChI is InChI=1S/C14H16ClNO3/c1-10(15)13(17)16(11(2)14(18)19-3)9-12-7-5-4-6-8-12/h4-8,10H,2,9H2,1,3H3. The van der Waals surface area contributed by atoms with Crippen molar-refractivity contribution in [2.75, 3.05) is 7.11 Å². The Bertz CT molecular complexity index is 471. The van der Waals surface area contributed by atoms with Crippen molar-refractivity contribution in [3.8, 4) is 0 Å². The summed E-state index contributed by atoms with van der Waals surface area (Å²) >= 11 is 5.80. The van der Waals surface area contributed by atoms with Crippen LogP contribution in [-0.4, -0.2) is 29.3 Å². The number of esters is 1. The van der Waals surface area contributed by atoms with Crippen molar-refractivity contribution < 1.29 is 14.3 Å². The number of methoxy groups -OCH3 is 1. The Morgan fingerprint density at radius 3 is 2.42 bits per heavy atom. The van der Waals surface area contributed by atoms with Crippen LogP contribution in [0.4, 0.5) is 0 Å². The summed E-state index contributed by atoms with van der Waals surface area (Å²) in [5.74, 6) is -1.04. The fraction of sp³-hybridized carbons (Fsp3) is 0.286. The van der Waals surface area contributed by atoms with Gasteiger partial charge in [0.1, 0.15) is 11.1 Å². The Hall–Kier alpha value is -1.81. The molecule has 0 radical (unpaired) electrons. The molecule has 1 aromatic carbocycles. The average Bonchev–Trinajstić information content (AvgIpc) is 2.43. The molecule has 1 rings (SSSR count). The summed E-state index contributed by atoms with van der Waals surface area (Å²) in [5, 5.41) is -0.745. The summed E-state index contributed by atoms with van der Waals surface area (Å²) in [4.78, 5) is 24.8. The van der Waals surface area contributed by atoms with Gasteiger partial charge in [-0.25, -0.2) is 4.79 Å². The molecule has 4 nitrogen and oxygen atoms in total. The summed E-state index contributed by atoms with van der Waals surface area (Å²) in [7, 11) is 1.24. The number of halogens is 1. The van der Waals surface area contributed by atoms with E-state index < -0.39 is 11.3 Å². The first-order valence-corrected chi connectivity index (χ1v) is 6.17. The molecule has 0 fully saturated rings. The van der Waals surface area contributed by atoms with Crippen LogP contribution in [-0.2, 0) is 20.9 Å². The van der Waals surface area contributed by atoms with Crippen LogP contribution < -0.4 is 0 Å². The summed E-state index contributed by atoms with van der Waals surface area (Å²) in [5.41, 5.74) is 0.849. The topological polar surface area (TPSA) is 46.6 Å². The van der Waals surface area contributed by atoms with Gasteiger partial charge in [0.05, 0.1) is 13.7 Å². The van der Waals surface area contributed by atoms with Crippen molar-refractivity contribution in [2.24, 2.45) is 0 Å². The zero-order chi connectivity index (χ0) is 14.4. The van der Waals surface area contributed by atoms with Crippen molar-refractivity contribution in [3.63, 3.8) is 0 Å². The summed E-state index contributed by atoms with van der Waals surface area (Å²) in [6.45, 7) is 5.37. The van der Waals surface area contributed by atoms with Crippen LogP contribution in [0, 0.1) is 0 Å². The third-order valence-electron chi connectivity index (χ3n) is 2.54. The number of hydrogen-bond acceptors (Lipinski definition) is 3. The Kier molecular flexibility index (Phi) is 5.57. The first kappa shape index (κ1) is 15.2. The fourth-order valence-electron chi connectivity index (χ4n) is 1.52. The highest BCUT2D eigenvalue weighted by atomic mass is 35.5. The van der Waals surface area contributed by atoms with Gasteiger partial charge in [-0.3, -0.25) is 4.79 Å². The van der Waals surface area contributed by atoms with Crippen LogP contribution >= 0.6 is 11.6 Å². The number of benzene rings is 1. The molecule has 0 aliphatic rings. The second-order valence-electron chi connectivity index (χ2n) is 3.96. The van der Waals surface area contributed by atoms with Crippen LogP contribution in [0.2, 0.25) is 0 Å². The Morgan fingerprint density at radius 2 is 1.95 bits per heavy atom. The van der Waals surface area contributed by atoms with Crippen LogP contribution in [0.25, 0.3) is 0 Å². The lowest BCUT2D eigenvalue weighted by Gasteiger charge is -2.24. The minimum absolute atomic E-state index is 0.0242. The van der Waals surface area contributed by atoms with E-state index in [-0.39, 0.29) is 18.1 Å². The van der Waals surface area contributed by atoms with Crippen molar-refractivity contribution in [1.29, 1.82) is 0 Å². The molecule has 0 saturated heterocycles. The first-order valence-electron chi connectivity index (χ1n) is 5.74. The van der Waals surface area contributed by atoms with E-state index in [1.807, 2.05) is 30.3 Å². The number of rotatable bonds is 5. The lowest BCUT2D eigenvalue weighted by molar-refractivity contribution is -0.142. The third kappa shape index (κ3) is 4.10. The highest BCUT2D eigenvalue weighted by molar-refractivity contribution is 6.30. The lowest BCUT2D eigenvalue weighted by Crippen LogP contribution is -2.37. The van der Waals surface area contributed by atoms with E-state index in [4.69, 9.17) is 11.6 Å². The molecule has 1 amide bonds. The summed E-state index contributed by atoms with van der Waals surface area (Å²) in [6.07, 6.45) is 0. The highest BCUT2D eigenvalue weighted by Gasteiger charge is 2.25. The average molecular weight is 282 g/mol. The molecule has 102 valence electrons. The minimum atomic E-state index is -0.745. The predicted octanol–water partition coefficient (Wildman–Crippen LogP) is 2.33. The molecular formula is C14H16ClNO3. The number of carbonyl (C=O) groups is 2. The van der Waals surface area contributed by atoms with Crippen LogP contribution in [0.1, 0.15) is 12.5 Å². The van der Waals surface area contributed by atoms with Gasteiger partial charge in [0.15, 0.2) is 0 Å². The maximum Gasteiger partial charge on any atom is 0.354 e. The van der Waals surface area contributed by atoms with Crippen molar-refractivity contribution in [2.45, 2.75) is 18.8 Å². The van der Waals surface area contributed by atoms with Crippen LogP contribution in [0.15, 0.2) is 42.6 Å². The second-order valence-corrected chi connectivity index (χ2v) is 4.62. The molecule has 0 spiro atoms. The molecule has 5 heteroatoms. The van der Waals surface area contributed by atoms with E-state index in [1.165, 1.54) is 12.0 Å². The zero-order valence-corrected chi connectivity index (χ0v) is 11.7. The fourth-order valence-corrected chi connectivity index (χ4v) is 1.63. The molecule has 0 aliphatic carbocycles. The van der Waals surface area contributed by atoms with Gasteiger partial charge in [0.2, 0.25) is 5.91 Å². The molecule has 1 aromatic rings. The minimum Gasteiger partial charge on any atom is -0.464 e. The lowest BCUT2D eigenvalue weighted by atomic mass is 10.2. The van der Waals surface area contributed by atoms with Gasteiger partial charge in [0.25, 0.3) is 0 Å². The van der Waals surface area contributed by atoms with Crippen molar-refractivity contribution >= 4 is 23.5 Å². The number of amides is 1. The summed E-state index contributed by atoms with van der Waals surface area (Å²) < 4.78 is 4.59. The Balaban J connectivity index is 2.96. The maximum absolute atomic E-state index is 12.0. The molecule has 1 atom stereocenters. The predicted molar refractivity (Wildman–Crippen MR) is 73.5 cm³/mol. The second kappa shape index (κ2) is 6.95. The molecule has 0 bridgehead atoms. The molecule has 0 N–H and O–H groups in total. The van der Waals surface area contributed by atoms with Gasteiger partial charge in [-0.15, -0.1) is 11.6 Å². The van der Waals surface area contributed by atoms with Gasteiger partial charge in [-0.1, -0.05) is 36.9 Å². The van der Waals surface area contributed by atoms with Gasteiger partial charge in [0, 0.05) is 0 Å². The molecular weight excluding hydrogens is 266 g/mol. The number of hydrogen-bond donors (Lipinski definition) is 0. The van der Waals surface area contributed by atoms with Gasteiger partial charge in [-0.2, -0.15) is 0 Å². The number of carbonyl (C=O) groups excluding carboxylic acids is 2. The van der Waals surface area contributed by atoms with E-state index in [9.17, 15) is 9.59 Å². The Morgan fingerprint density at radius 1 is 1.37 bits per heavy atom. The zero-order valence-electron chi connectivity index (χ0n) is 10.9. The maximum atomic E-state index is 12.0. The van der Waals surface area contributed by atoms with Crippen molar-refractivity contribution in [1.82, 2.24) is 4.90 Å². The van der Waals surface area contributed by atoms with Gasteiger partial charge >= 0.3 is 5.97 Å². The normalized spacial score (nSPS) is 11.5. The van der Waals surface area contributed by atoms with E-state index in [0.29, 0.717) is 0 Å². The SMILES string of the molecule is C=C(C(=O)OC)N(Cc1ccccc1)C(=O)C(C)Cl. The quantitative estimate of drug-likeness (QED) is 0.473. The van der Waals surface area contributed by atoms with Gasteiger partial charge in [-0.05, 0) is 12.5 Å².